The highest BCUT2D eigenvalue weighted by atomic mass is 16.1. The molecule has 0 unspecified atom stereocenters. The summed E-state index contributed by atoms with van der Waals surface area (Å²) >= 11 is 0. The number of aromatic nitrogens is 2. The quantitative estimate of drug-likeness (QED) is 0.854. The standard InChI is InChI=1S/C18H23N5O/c1-14(2)19-16-12-17(23-10-8-22(13-24)9-11-23)21-18(20-16)15-6-4-3-5-7-15/h3-7,12-14H,8-11H2,1-2H3,(H,19,20,21). The zero-order valence-corrected chi connectivity index (χ0v) is 14.1. The Balaban J connectivity index is 1.91. The normalized spacial score (nSPS) is 14.8. The minimum atomic E-state index is 0.295. The number of amides is 1. The summed E-state index contributed by atoms with van der Waals surface area (Å²) in [5.74, 6) is 2.44. The molecule has 0 atom stereocenters. The third-order valence-corrected chi connectivity index (χ3v) is 3.97. The maximum Gasteiger partial charge on any atom is 0.209 e. The van der Waals surface area contributed by atoms with Crippen molar-refractivity contribution in [1.82, 2.24) is 14.9 Å². The van der Waals surface area contributed by atoms with E-state index >= 15 is 0 Å². The number of carbonyl (C=O) groups excluding carboxylic acids is 1. The monoisotopic (exact) mass is 325 g/mol. The molecule has 0 saturated carbocycles. The molecule has 1 aromatic carbocycles. The second-order valence-electron chi connectivity index (χ2n) is 6.23. The zero-order valence-electron chi connectivity index (χ0n) is 14.1. The first-order chi connectivity index (χ1) is 11.7. The molecular weight excluding hydrogens is 302 g/mol. The van der Waals surface area contributed by atoms with Gasteiger partial charge in [0.25, 0.3) is 0 Å². The number of nitrogens with zero attached hydrogens (tertiary/aromatic N) is 4. The van der Waals surface area contributed by atoms with E-state index in [0.717, 1.165) is 49.8 Å². The van der Waals surface area contributed by atoms with Gasteiger partial charge in [-0.3, -0.25) is 4.79 Å². The van der Waals surface area contributed by atoms with Crippen molar-refractivity contribution in [1.29, 1.82) is 0 Å². The van der Waals surface area contributed by atoms with Crippen LogP contribution in [0.1, 0.15) is 13.8 Å². The van der Waals surface area contributed by atoms with Crippen LogP contribution >= 0.6 is 0 Å². The number of hydrogen-bond donors (Lipinski definition) is 1. The van der Waals surface area contributed by atoms with Crippen molar-refractivity contribution in [3.8, 4) is 11.4 Å². The Hall–Kier alpha value is -2.63. The van der Waals surface area contributed by atoms with Crippen molar-refractivity contribution in [2.75, 3.05) is 36.4 Å². The van der Waals surface area contributed by atoms with Crippen LogP contribution in [0.25, 0.3) is 11.4 Å². The van der Waals surface area contributed by atoms with Crippen LogP contribution in [0.5, 0.6) is 0 Å². The van der Waals surface area contributed by atoms with Gasteiger partial charge in [0.1, 0.15) is 11.6 Å². The van der Waals surface area contributed by atoms with Crippen molar-refractivity contribution in [3.05, 3.63) is 36.4 Å². The molecule has 1 aromatic heterocycles. The summed E-state index contributed by atoms with van der Waals surface area (Å²) in [6, 6.07) is 12.3. The highest BCUT2D eigenvalue weighted by Crippen LogP contribution is 2.23. The highest BCUT2D eigenvalue weighted by Gasteiger charge is 2.18. The number of rotatable bonds is 5. The summed E-state index contributed by atoms with van der Waals surface area (Å²) in [6.07, 6.45) is 0.915. The SMILES string of the molecule is CC(C)Nc1cc(N2CCN(C=O)CC2)nc(-c2ccccc2)n1. The number of nitrogens with one attached hydrogen (secondary N) is 1. The van der Waals surface area contributed by atoms with Crippen molar-refractivity contribution >= 4 is 18.0 Å². The lowest BCUT2D eigenvalue weighted by molar-refractivity contribution is -0.118. The Labute approximate surface area is 142 Å². The topological polar surface area (TPSA) is 61.4 Å². The Morgan fingerprint density at radius 3 is 2.42 bits per heavy atom. The molecule has 24 heavy (non-hydrogen) atoms. The molecule has 1 aliphatic rings. The van der Waals surface area contributed by atoms with Gasteiger partial charge in [-0.25, -0.2) is 9.97 Å². The molecule has 6 nitrogen and oxygen atoms in total. The first kappa shape index (κ1) is 16.2. The zero-order chi connectivity index (χ0) is 16.9. The summed E-state index contributed by atoms with van der Waals surface area (Å²) in [5, 5.41) is 3.37. The van der Waals surface area contributed by atoms with E-state index in [9.17, 15) is 4.79 Å². The third kappa shape index (κ3) is 3.82. The molecule has 0 radical (unpaired) electrons. The van der Waals surface area contributed by atoms with Gasteiger partial charge in [-0.15, -0.1) is 0 Å². The molecule has 1 aliphatic heterocycles. The predicted molar refractivity (Wildman–Crippen MR) is 96.1 cm³/mol. The molecule has 1 N–H and O–H groups in total. The minimum Gasteiger partial charge on any atom is -0.368 e. The van der Waals surface area contributed by atoms with E-state index < -0.39 is 0 Å². The molecular formula is C18H23N5O. The molecule has 1 saturated heterocycles. The van der Waals surface area contributed by atoms with Gasteiger partial charge in [-0.1, -0.05) is 30.3 Å². The molecule has 1 amide bonds. The molecule has 2 aromatic rings. The first-order valence-electron chi connectivity index (χ1n) is 8.31. The molecule has 6 heteroatoms. The largest absolute Gasteiger partial charge is 0.368 e. The van der Waals surface area contributed by atoms with Gasteiger partial charge in [0.2, 0.25) is 6.41 Å². The fraction of sp³-hybridized carbons (Fsp3) is 0.389. The molecule has 0 spiro atoms. The number of benzene rings is 1. The van der Waals surface area contributed by atoms with Crippen molar-refractivity contribution < 1.29 is 4.79 Å². The van der Waals surface area contributed by atoms with Crippen molar-refractivity contribution in [2.24, 2.45) is 0 Å². The lowest BCUT2D eigenvalue weighted by Gasteiger charge is -2.33. The summed E-state index contributed by atoms with van der Waals surface area (Å²) in [4.78, 5) is 24.3. The second kappa shape index (κ2) is 7.29. The number of piperazine rings is 1. The van der Waals surface area contributed by atoms with Crippen LogP contribution in [-0.2, 0) is 4.79 Å². The van der Waals surface area contributed by atoms with Gasteiger partial charge in [0, 0.05) is 43.9 Å². The summed E-state index contributed by atoms with van der Waals surface area (Å²) in [6.45, 7) is 7.19. The van der Waals surface area contributed by atoms with Crippen LogP contribution in [0, 0.1) is 0 Å². The predicted octanol–water partition coefficient (Wildman–Crippen LogP) is 2.24. The van der Waals surface area contributed by atoms with Crippen LogP contribution < -0.4 is 10.2 Å². The fourth-order valence-corrected chi connectivity index (χ4v) is 2.74. The van der Waals surface area contributed by atoms with Crippen LogP contribution in [0.4, 0.5) is 11.6 Å². The van der Waals surface area contributed by atoms with Crippen molar-refractivity contribution in [2.45, 2.75) is 19.9 Å². The van der Waals surface area contributed by atoms with Crippen LogP contribution in [0.3, 0.4) is 0 Å². The van der Waals surface area contributed by atoms with E-state index in [2.05, 4.69) is 29.0 Å². The summed E-state index contributed by atoms with van der Waals surface area (Å²) in [5.41, 5.74) is 0.998. The maximum absolute atomic E-state index is 10.9. The minimum absolute atomic E-state index is 0.295. The highest BCUT2D eigenvalue weighted by molar-refractivity contribution is 5.62. The van der Waals surface area contributed by atoms with Gasteiger partial charge < -0.3 is 15.1 Å². The third-order valence-electron chi connectivity index (χ3n) is 3.97. The summed E-state index contributed by atoms with van der Waals surface area (Å²) < 4.78 is 0. The second-order valence-corrected chi connectivity index (χ2v) is 6.23. The first-order valence-corrected chi connectivity index (χ1v) is 8.31. The van der Waals surface area contributed by atoms with Gasteiger partial charge >= 0.3 is 0 Å². The number of hydrogen-bond acceptors (Lipinski definition) is 5. The molecule has 1 fully saturated rings. The maximum atomic E-state index is 10.9. The Kier molecular flexibility index (Phi) is 4.93. The molecule has 3 rings (SSSR count). The van der Waals surface area contributed by atoms with E-state index in [1.54, 1.807) is 4.90 Å². The van der Waals surface area contributed by atoms with Crippen LogP contribution in [0.15, 0.2) is 36.4 Å². The van der Waals surface area contributed by atoms with Gasteiger partial charge in [0.15, 0.2) is 5.82 Å². The van der Waals surface area contributed by atoms with Gasteiger partial charge in [-0.2, -0.15) is 0 Å². The van der Waals surface area contributed by atoms with E-state index in [1.807, 2.05) is 36.4 Å². The van der Waals surface area contributed by atoms with Gasteiger partial charge in [-0.05, 0) is 13.8 Å². The average molecular weight is 325 g/mol. The van der Waals surface area contributed by atoms with Crippen molar-refractivity contribution in [3.63, 3.8) is 0 Å². The van der Waals surface area contributed by atoms with E-state index in [-0.39, 0.29) is 0 Å². The molecule has 0 aliphatic carbocycles. The summed E-state index contributed by atoms with van der Waals surface area (Å²) in [7, 11) is 0. The fourth-order valence-electron chi connectivity index (χ4n) is 2.74. The molecule has 0 bridgehead atoms. The lowest BCUT2D eigenvalue weighted by atomic mass is 10.2. The van der Waals surface area contributed by atoms with Crippen LogP contribution in [-0.4, -0.2) is 53.5 Å². The Morgan fingerprint density at radius 2 is 1.79 bits per heavy atom. The number of anilines is 2. The average Bonchev–Trinajstić information content (AvgIpc) is 2.62. The smallest absolute Gasteiger partial charge is 0.209 e. The Bertz CT molecular complexity index is 681. The Morgan fingerprint density at radius 1 is 1.08 bits per heavy atom. The van der Waals surface area contributed by atoms with Gasteiger partial charge in [0.05, 0.1) is 0 Å². The number of carbonyl (C=O) groups is 1. The molecule has 126 valence electrons. The van der Waals surface area contributed by atoms with Crippen LogP contribution in [0.2, 0.25) is 0 Å². The van der Waals surface area contributed by atoms with E-state index in [1.165, 1.54) is 0 Å². The van der Waals surface area contributed by atoms with E-state index in [0.29, 0.717) is 11.9 Å². The lowest BCUT2D eigenvalue weighted by Crippen LogP contribution is -2.46. The molecule has 2 heterocycles. The van der Waals surface area contributed by atoms with E-state index in [4.69, 9.17) is 4.98 Å².